The molecular formula is C10H22. The lowest BCUT2D eigenvalue weighted by molar-refractivity contribution is 0.280. The van der Waals surface area contributed by atoms with Crippen LogP contribution in [0.15, 0.2) is 0 Å². The molecule has 0 aliphatic heterocycles. The van der Waals surface area contributed by atoms with E-state index in [9.17, 15) is 0 Å². The molecule has 0 unspecified atom stereocenters. The molecule has 0 heterocycles. The molecule has 0 spiro atoms. The molecule has 0 heteroatoms. The Morgan fingerprint density at radius 2 is 1.50 bits per heavy atom. The van der Waals surface area contributed by atoms with Crippen molar-refractivity contribution in [3.63, 3.8) is 0 Å². The van der Waals surface area contributed by atoms with Crippen molar-refractivity contribution < 1.29 is 0 Å². The fourth-order valence-corrected chi connectivity index (χ4v) is 1.38. The quantitative estimate of drug-likeness (QED) is 0.561. The Bertz CT molecular complexity index is 74.1. The highest BCUT2D eigenvalue weighted by molar-refractivity contribution is 4.64. The van der Waals surface area contributed by atoms with Crippen molar-refractivity contribution in [2.24, 2.45) is 17.8 Å². The van der Waals surface area contributed by atoms with Crippen LogP contribution in [0.1, 0.15) is 47.5 Å². The standard InChI is InChI=1S/C10H22/c1-6-7-9(4)10(5)8(2)3/h8-10H,6-7H2,1-5H3/t9-,10-/m0/s1. The van der Waals surface area contributed by atoms with E-state index in [1.807, 2.05) is 0 Å². The predicted molar refractivity (Wildman–Crippen MR) is 48.1 cm³/mol. The van der Waals surface area contributed by atoms with Gasteiger partial charge in [-0.3, -0.25) is 0 Å². The lowest BCUT2D eigenvalue weighted by atomic mass is 9.84. The maximum Gasteiger partial charge on any atom is -0.0394 e. The molecular weight excluding hydrogens is 120 g/mol. The topological polar surface area (TPSA) is 0 Å². The molecule has 0 nitrogen and oxygen atoms in total. The van der Waals surface area contributed by atoms with Gasteiger partial charge in [0.05, 0.1) is 0 Å². The van der Waals surface area contributed by atoms with Gasteiger partial charge in [0.25, 0.3) is 0 Å². The van der Waals surface area contributed by atoms with Crippen LogP contribution in [0.25, 0.3) is 0 Å². The molecule has 0 bridgehead atoms. The van der Waals surface area contributed by atoms with E-state index in [0.717, 1.165) is 17.8 Å². The molecule has 0 N–H and O–H groups in total. The first kappa shape index (κ1) is 10.0. The monoisotopic (exact) mass is 142 g/mol. The second-order valence-corrected chi connectivity index (χ2v) is 3.87. The molecule has 0 aromatic rings. The molecule has 0 radical (unpaired) electrons. The number of hydrogen-bond donors (Lipinski definition) is 0. The highest BCUT2D eigenvalue weighted by atomic mass is 14.2. The van der Waals surface area contributed by atoms with Gasteiger partial charge in [-0.05, 0) is 17.8 Å². The minimum absolute atomic E-state index is 0.849. The average Bonchev–Trinajstić information content (AvgIpc) is 1.87. The SMILES string of the molecule is CCC[C@H](C)[C@@H](C)C(C)C. The van der Waals surface area contributed by atoms with Gasteiger partial charge in [0.1, 0.15) is 0 Å². The van der Waals surface area contributed by atoms with Crippen molar-refractivity contribution in [3.05, 3.63) is 0 Å². The summed E-state index contributed by atoms with van der Waals surface area (Å²) in [6.45, 7) is 11.6. The highest BCUT2D eigenvalue weighted by Crippen LogP contribution is 2.23. The van der Waals surface area contributed by atoms with E-state index in [0.29, 0.717) is 0 Å². The van der Waals surface area contributed by atoms with Crippen molar-refractivity contribution in [2.45, 2.75) is 47.5 Å². The van der Waals surface area contributed by atoms with Gasteiger partial charge in [-0.25, -0.2) is 0 Å². The van der Waals surface area contributed by atoms with Gasteiger partial charge in [-0.1, -0.05) is 47.5 Å². The summed E-state index contributed by atoms with van der Waals surface area (Å²) in [7, 11) is 0. The van der Waals surface area contributed by atoms with Crippen LogP contribution in [-0.2, 0) is 0 Å². The minimum atomic E-state index is 0.849. The first-order valence-electron chi connectivity index (χ1n) is 4.59. The summed E-state index contributed by atoms with van der Waals surface area (Å²) in [5.41, 5.74) is 0. The van der Waals surface area contributed by atoms with Crippen LogP contribution in [-0.4, -0.2) is 0 Å². The molecule has 0 aromatic heterocycles. The molecule has 0 aromatic carbocycles. The van der Waals surface area contributed by atoms with E-state index in [2.05, 4.69) is 34.6 Å². The van der Waals surface area contributed by atoms with Crippen molar-refractivity contribution in [1.29, 1.82) is 0 Å². The number of rotatable bonds is 4. The fourth-order valence-electron chi connectivity index (χ4n) is 1.38. The normalized spacial score (nSPS) is 17.4. The molecule has 0 saturated heterocycles. The summed E-state index contributed by atoms with van der Waals surface area (Å²) in [4.78, 5) is 0. The Labute approximate surface area is 66.0 Å². The first-order valence-corrected chi connectivity index (χ1v) is 4.59. The van der Waals surface area contributed by atoms with E-state index in [1.54, 1.807) is 0 Å². The second kappa shape index (κ2) is 4.76. The first-order chi connectivity index (χ1) is 4.59. The Morgan fingerprint density at radius 3 is 1.80 bits per heavy atom. The van der Waals surface area contributed by atoms with Crippen LogP contribution in [0.2, 0.25) is 0 Å². The number of hydrogen-bond acceptors (Lipinski definition) is 0. The zero-order chi connectivity index (χ0) is 8.15. The highest BCUT2D eigenvalue weighted by Gasteiger charge is 2.13. The second-order valence-electron chi connectivity index (χ2n) is 3.87. The summed E-state index contributed by atoms with van der Waals surface area (Å²) < 4.78 is 0. The van der Waals surface area contributed by atoms with E-state index in [4.69, 9.17) is 0 Å². The molecule has 10 heavy (non-hydrogen) atoms. The summed E-state index contributed by atoms with van der Waals surface area (Å²) in [6.07, 6.45) is 2.72. The zero-order valence-electron chi connectivity index (χ0n) is 8.15. The Balaban J connectivity index is 3.58. The largest absolute Gasteiger partial charge is 0.0654 e. The Hall–Kier alpha value is 0. The van der Waals surface area contributed by atoms with Crippen LogP contribution in [0.5, 0.6) is 0 Å². The van der Waals surface area contributed by atoms with Gasteiger partial charge in [0, 0.05) is 0 Å². The van der Waals surface area contributed by atoms with Gasteiger partial charge >= 0.3 is 0 Å². The van der Waals surface area contributed by atoms with Crippen LogP contribution >= 0.6 is 0 Å². The third-order valence-electron chi connectivity index (χ3n) is 2.69. The summed E-state index contributed by atoms with van der Waals surface area (Å²) >= 11 is 0. The minimum Gasteiger partial charge on any atom is -0.0654 e. The van der Waals surface area contributed by atoms with Crippen LogP contribution in [0, 0.1) is 17.8 Å². The maximum atomic E-state index is 2.37. The molecule has 0 amide bonds. The van der Waals surface area contributed by atoms with Crippen molar-refractivity contribution in [3.8, 4) is 0 Å². The molecule has 0 rings (SSSR count). The molecule has 2 atom stereocenters. The van der Waals surface area contributed by atoms with Crippen LogP contribution in [0.3, 0.4) is 0 Å². The predicted octanol–water partition coefficient (Wildman–Crippen LogP) is 3.71. The van der Waals surface area contributed by atoms with E-state index < -0.39 is 0 Å². The Morgan fingerprint density at radius 1 is 1.00 bits per heavy atom. The summed E-state index contributed by atoms with van der Waals surface area (Å²) in [5, 5.41) is 0. The molecule has 62 valence electrons. The molecule has 0 saturated carbocycles. The lowest BCUT2D eigenvalue weighted by Gasteiger charge is -2.22. The third-order valence-corrected chi connectivity index (χ3v) is 2.69. The lowest BCUT2D eigenvalue weighted by Crippen LogP contribution is -2.13. The zero-order valence-corrected chi connectivity index (χ0v) is 8.15. The molecule has 0 aliphatic rings. The van der Waals surface area contributed by atoms with Gasteiger partial charge < -0.3 is 0 Å². The van der Waals surface area contributed by atoms with Crippen LogP contribution in [0.4, 0.5) is 0 Å². The van der Waals surface area contributed by atoms with Crippen molar-refractivity contribution >= 4 is 0 Å². The maximum absolute atomic E-state index is 2.37. The summed E-state index contributed by atoms with van der Waals surface area (Å²) in [5.74, 6) is 2.64. The fraction of sp³-hybridized carbons (Fsp3) is 1.00. The summed E-state index contributed by atoms with van der Waals surface area (Å²) in [6, 6.07) is 0. The van der Waals surface area contributed by atoms with Gasteiger partial charge in [-0.2, -0.15) is 0 Å². The smallest absolute Gasteiger partial charge is 0.0394 e. The van der Waals surface area contributed by atoms with Gasteiger partial charge in [0.2, 0.25) is 0 Å². The third kappa shape index (κ3) is 3.24. The molecule has 0 fully saturated rings. The van der Waals surface area contributed by atoms with Crippen LogP contribution < -0.4 is 0 Å². The van der Waals surface area contributed by atoms with E-state index in [-0.39, 0.29) is 0 Å². The van der Waals surface area contributed by atoms with Gasteiger partial charge in [0.15, 0.2) is 0 Å². The Kier molecular flexibility index (Phi) is 4.76. The molecule has 0 aliphatic carbocycles. The van der Waals surface area contributed by atoms with Crippen molar-refractivity contribution in [1.82, 2.24) is 0 Å². The van der Waals surface area contributed by atoms with Gasteiger partial charge in [-0.15, -0.1) is 0 Å². The van der Waals surface area contributed by atoms with Crippen molar-refractivity contribution in [2.75, 3.05) is 0 Å². The van der Waals surface area contributed by atoms with E-state index >= 15 is 0 Å². The average molecular weight is 142 g/mol. The van der Waals surface area contributed by atoms with E-state index in [1.165, 1.54) is 12.8 Å².